The number of ether oxygens (including phenoxy) is 1. The maximum atomic E-state index is 13.0. The highest BCUT2D eigenvalue weighted by Gasteiger charge is 2.22. The molecule has 2 rings (SSSR count). The molecule has 0 aliphatic rings. The molecule has 0 unspecified atom stereocenters. The third-order valence-electron chi connectivity index (χ3n) is 5.04. The lowest BCUT2D eigenvalue weighted by Crippen LogP contribution is -2.31. The van der Waals surface area contributed by atoms with Gasteiger partial charge in [0.15, 0.2) is 0 Å². The van der Waals surface area contributed by atoms with Crippen LogP contribution in [0.5, 0.6) is 5.75 Å². The Bertz CT molecular complexity index is 1000. The highest BCUT2D eigenvalue weighted by atomic mass is 32.2. The summed E-state index contributed by atoms with van der Waals surface area (Å²) in [7, 11) is -0.391. The van der Waals surface area contributed by atoms with Gasteiger partial charge in [-0.2, -0.15) is 0 Å². The summed E-state index contributed by atoms with van der Waals surface area (Å²) in [6.07, 6.45) is 1.11. The molecule has 2 aromatic carbocycles. The van der Waals surface area contributed by atoms with Crippen molar-refractivity contribution >= 4 is 21.6 Å². The lowest BCUT2D eigenvalue weighted by atomic mass is 9.93. The van der Waals surface area contributed by atoms with Crippen molar-refractivity contribution in [2.24, 2.45) is 0 Å². The zero-order valence-corrected chi connectivity index (χ0v) is 18.9. The number of anilines is 1. The van der Waals surface area contributed by atoms with E-state index in [2.05, 4.69) is 25.2 Å². The number of amides is 1. The average molecular weight is 419 g/mol. The Morgan fingerprint density at radius 2 is 1.72 bits per heavy atom. The van der Waals surface area contributed by atoms with E-state index in [1.54, 1.807) is 31.4 Å². The Hall–Kier alpha value is -2.54. The summed E-state index contributed by atoms with van der Waals surface area (Å²) < 4.78 is 30.5. The lowest BCUT2D eigenvalue weighted by Gasteiger charge is -2.23. The first-order chi connectivity index (χ1) is 13.5. The molecule has 158 valence electrons. The molecule has 0 spiro atoms. The zero-order valence-electron chi connectivity index (χ0n) is 18.1. The minimum absolute atomic E-state index is 0.262. The summed E-state index contributed by atoms with van der Waals surface area (Å²) in [6.45, 7) is 8.09. The Kier molecular flexibility index (Phi) is 6.95. The van der Waals surface area contributed by atoms with Crippen molar-refractivity contribution < 1.29 is 17.9 Å². The number of hydrogen-bond acceptors (Lipinski definition) is 4. The fraction of sp³-hybridized carbons (Fsp3) is 0.409. The number of sulfonamides is 1. The number of carbonyl (C=O) groups is 1. The minimum Gasteiger partial charge on any atom is -0.496 e. The first-order valence-electron chi connectivity index (χ1n) is 9.49. The molecule has 0 aliphatic heterocycles. The molecule has 7 heteroatoms. The largest absolute Gasteiger partial charge is 0.496 e. The molecule has 1 amide bonds. The monoisotopic (exact) mass is 418 g/mol. The van der Waals surface area contributed by atoms with Crippen molar-refractivity contribution in [1.82, 2.24) is 5.32 Å². The zero-order chi connectivity index (χ0) is 21.9. The summed E-state index contributed by atoms with van der Waals surface area (Å²) in [4.78, 5) is 13.0. The summed E-state index contributed by atoms with van der Waals surface area (Å²) in [5.74, 6) is 0.779. The van der Waals surface area contributed by atoms with Crippen molar-refractivity contribution in [1.29, 1.82) is 0 Å². The highest BCUT2D eigenvalue weighted by molar-refractivity contribution is 7.92. The average Bonchev–Trinajstić information content (AvgIpc) is 2.65. The number of nitrogens with zero attached hydrogens (tertiary/aromatic N) is 1. The van der Waals surface area contributed by atoms with Gasteiger partial charge < -0.3 is 10.1 Å². The van der Waals surface area contributed by atoms with Crippen molar-refractivity contribution in [2.45, 2.75) is 39.7 Å². The molecule has 0 heterocycles. The molecule has 0 aromatic heterocycles. The molecular formula is C22H30N2O4S. The fourth-order valence-electron chi connectivity index (χ4n) is 3.28. The second-order valence-corrected chi connectivity index (χ2v) is 9.56. The molecule has 6 nitrogen and oxygen atoms in total. The van der Waals surface area contributed by atoms with Gasteiger partial charge in [0.05, 0.1) is 30.7 Å². The van der Waals surface area contributed by atoms with Gasteiger partial charge in [-0.25, -0.2) is 8.42 Å². The third kappa shape index (κ3) is 5.09. The van der Waals surface area contributed by atoms with E-state index < -0.39 is 10.0 Å². The van der Waals surface area contributed by atoms with Crippen LogP contribution in [0, 0.1) is 6.92 Å². The summed E-state index contributed by atoms with van der Waals surface area (Å²) in [6, 6.07) is 10.5. The van der Waals surface area contributed by atoms with Crippen molar-refractivity contribution in [3.8, 4) is 5.75 Å². The van der Waals surface area contributed by atoms with Crippen LogP contribution in [0.2, 0.25) is 0 Å². The van der Waals surface area contributed by atoms with Crippen LogP contribution < -0.4 is 14.4 Å². The molecule has 0 aliphatic carbocycles. The van der Waals surface area contributed by atoms with Crippen LogP contribution in [-0.2, 0) is 10.0 Å². The molecule has 0 saturated carbocycles. The number of aryl methyl sites for hydroxylation is 1. The number of para-hydroxylation sites is 1. The van der Waals surface area contributed by atoms with Crippen LogP contribution in [0.15, 0.2) is 36.4 Å². The van der Waals surface area contributed by atoms with Crippen LogP contribution in [0.4, 0.5) is 5.69 Å². The van der Waals surface area contributed by atoms with Gasteiger partial charge in [-0.3, -0.25) is 9.10 Å². The summed E-state index contributed by atoms with van der Waals surface area (Å²) in [5, 5.41) is 3.00. The van der Waals surface area contributed by atoms with E-state index in [-0.39, 0.29) is 17.9 Å². The van der Waals surface area contributed by atoms with Crippen LogP contribution in [0.3, 0.4) is 0 Å². The summed E-state index contributed by atoms with van der Waals surface area (Å²) >= 11 is 0. The van der Waals surface area contributed by atoms with Crippen LogP contribution in [0.1, 0.15) is 59.8 Å². The van der Waals surface area contributed by atoms with E-state index in [4.69, 9.17) is 4.74 Å². The van der Waals surface area contributed by atoms with Crippen molar-refractivity contribution in [2.75, 3.05) is 24.7 Å². The van der Waals surface area contributed by atoms with Crippen LogP contribution >= 0.6 is 0 Å². The highest BCUT2D eigenvalue weighted by Crippen LogP contribution is 2.32. The number of rotatable bonds is 7. The predicted molar refractivity (Wildman–Crippen MR) is 117 cm³/mol. The van der Waals surface area contributed by atoms with E-state index in [0.29, 0.717) is 11.3 Å². The number of hydrogen-bond donors (Lipinski definition) is 1. The maximum absolute atomic E-state index is 13.0. The topological polar surface area (TPSA) is 75.7 Å². The van der Waals surface area contributed by atoms with E-state index in [0.717, 1.165) is 33.0 Å². The lowest BCUT2D eigenvalue weighted by molar-refractivity contribution is 0.0940. The summed E-state index contributed by atoms with van der Waals surface area (Å²) in [5.41, 5.74) is 3.74. The van der Waals surface area contributed by atoms with E-state index in [9.17, 15) is 13.2 Å². The molecule has 1 N–H and O–H groups in total. The van der Waals surface area contributed by atoms with Gasteiger partial charge in [0.1, 0.15) is 5.75 Å². The number of nitrogens with one attached hydrogen (secondary N) is 1. The Balaban J connectivity index is 2.37. The van der Waals surface area contributed by atoms with E-state index in [1.165, 1.54) is 7.05 Å². The Morgan fingerprint density at radius 1 is 1.10 bits per heavy atom. The number of methoxy groups -OCH3 is 1. The van der Waals surface area contributed by atoms with Crippen molar-refractivity contribution in [3.05, 3.63) is 58.7 Å². The Labute approximate surface area is 173 Å². The van der Waals surface area contributed by atoms with Gasteiger partial charge in [0.2, 0.25) is 10.0 Å². The molecule has 0 radical (unpaired) electrons. The molecular weight excluding hydrogens is 388 g/mol. The standard InChI is InChI=1S/C22H30N2O4S/c1-14(2)18-13-19(15(3)12-21(18)28-6)16(4)23-22(25)17-10-8-9-11-20(17)24(5)29(7,26)27/h8-14,16H,1-7H3,(H,23,25)/t16-/m0/s1. The fourth-order valence-corrected chi connectivity index (χ4v) is 3.80. The molecule has 0 fully saturated rings. The smallest absolute Gasteiger partial charge is 0.253 e. The second-order valence-electron chi connectivity index (χ2n) is 7.55. The quantitative estimate of drug-likeness (QED) is 0.737. The predicted octanol–water partition coefficient (Wildman–Crippen LogP) is 4.01. The van der Waals surface area contributed by atoms with Crippen LogP contribution in [-0.4, -0.2) is 34.7 Å². The second kappa shape index (κ2) is 8.86. The number of carbonyl (C=O) groups excluding carboxylic acids is 1. The Morgan fingerprint density at radius 3 is 2.28 bits per heavy atom. The molecule has 0 saturated heterocycles. The SMILES string of the molecule is COc1cc(C)c([C@H](C)NC(=O)c2ccccc2N(C)S(C)(=O)=O)cc1C(C)C. The molecule has 2 aromatic rings. The first kappa shape index (κ1) is 22.7. The van der Waals surface area contributed by atoms with Crippen LogP contribution in [0.25, 0.3) is 0 Å². The molecule has 0 bridgehead atoms. The molecule has 1 atom stereocenters. The minimum atomic E-state index is -3.48. The van der Waals surface area contributed by atoms with Gasteiger partial charge in [-0.1, -0.05) is 26.0 Å². The van der Waals surface area contributed by atoms with E-state index in [1.807, 2.05) is 19.9 Å². The maximum Gasteiger partial charge on any atom is 0.253 e. The normalized spacial score (nSPS) is 12.6. The van der Waals surface area contributed by atoms with E-state index >= 15 is 0 Å². The van der Waals surface area contributed by atoms with Crippen molar-refractivity contribution in [3.63, 3.8) is 0 Å². The third-order valence-corrected chi connectivity index (χ3v) is 6.23. The molecule has 29 heavy (non-hydrogen) atoms. The number of benzene rings is 2. The van der Waals surface area contributed by atoms with Gasteiger partial charge in [-0.05, 0) is 60.7 Å². The first-order valence-corrected chi connectivity index (χ1v) is 11.3. The van der Waals surface area contributed by atoms with Gasteiger partial charge >= 0.3 is 0 Å². The van der Waals surface area contributed by atoms with Gasteiger partial charge in [-0.15, -0.1) is 0 Å². The van der Waals surface area contributed by atoms with Gasteiger partial charge in [0, 0.05) is 7.05 Å². The van der Waals surface area contributed by atoms with Gasteiger partial charge in [0.25, 0.3) is 5.91 Å².